The van der Waals surface area contributed by atoms with Crippen LogP contribution in [0.15, 0.2) is 78.9 Å². The van der Waals surface area contributed by atoms with Gasteiger partial charge in [0, 0.05) is 10.4 Å². The second kappa shape index (κ2) is 12.7. The zero-order valence-corrected chi connectivity index (χ0v) is 21.2. The molecule has 3 aromatic carbocycles. The lowest BCUT2D eigenvalue weighted by Gasteiger charge is -2.19. The Bertz CT molecular complexity index is 1460. The number of terminal acetylenes is 1. The Hall–Kier alpha value is -4.11. The van der Waals surface area contributed by atoms with Gasteiger partial charge < -0.3 is 14.2 Å². The van der Waals surface area contributed by atoms with E-state index in [1.165, 1.54) is 0 Å². The number of carbonyl (C=O) groups is 1. The van der Waals surface area contributed by atoms with Crippen molar-refractivity contribution in [3.8, 4) is 18.1 Å². The Morgan fingerprint density at radius 2 is 1.89 bits per heavy atom. The third kappa shape index (κ3) is 6.98. The molecule has 0 fully saturated rings. The van der Waals surface area contributed by atoms with E-state index < -0.39 is 12.1 Å². The number of para-hydroxylation sites is 1. The van der Waals surface area contributed by atoms with E-state index in [0.717, 1.165) is 27.7 Å². The molecule has 1 aromatic heterocycles. The largest absolute Gasteiger partial charge is 0.490 e. The van der Waals surface area contributed by atoms with Crippen LogP contribution in [0.1, 0.15) is 40.2 Å². The van der Waals surface area contributed by atoms with E-state index in [2.05, 4.69) is 10.9 Å². The average Bonchev–Trinajstić information content (AvgIpc) is 2.92. The minimum absolute atomic E-state index is 0.122. The van der Waals surface area contributed by atoms with E-state index in [1.54, 1.807) is 31.2 Å². The van der Waals surface area contributed by atoms with Gasteiger partial charge in [-0.3, -0.25) is 0 Å². The smallest absolute Gasteiger partial charge is 0.341 e. The summed E-state index contributed by atoms with van der Waals surface area (Å²) in [5.41, 5.74) is 3.88. The highest BCUT2D eigenvalue weighted by Crippen LogP contribution is 2.25. The molecular formula is C31H26ClNO4. The second-order valence-electron chi connectivity index (χ2n) is 8.11. The van der Waals surface area contributed by atoms with Gasteiger partial charge in [-0.25, -0.2) is 9.78 Å². The van der Waals surface area contributed by atoms with Gasteiger partial charge in [-0.2, -0.15) is 0 Å². The van der Waals surface area contributed by atoms with Crippen molar-refractivity contribution in [2.45, 2.75) is 13.0 Å². The van der Waals surface area contributed by atoms with Crippen molar-refractivity contribution in [3.05, 3.63) is 106 Å². The van der Waals surface area contributed by atoms with Crippen molar-refractivity contribution in [2.24, 2.45) is 0 Å². The summed E-state index contributed by atoms with van der Waals surface area (Å²) < 4.78 is 17.0. The summed E-state index contributed by atoms with van der Waals surface area (Å²) in [6.07, 6.45) is 8.93. The quantitative estimate of drug-likeness (QED) is 0.169. The zero-order chi connectivity index (χ0) is 26.0. The first kappa shape index (κ1) is 26.0. The lowest BCUT2D eigenvalue weighted by molar-refractivity contribution is 0.0365. The summed E-state index contributed by atoms with van der Waals surface area (Å²) in [6.45, 7) is 2.33. The van der Waals surface area contributed by atoms with Crippen molar-refractivity contribution in [3.63, 3.8) is 0 Å². The lowest BCUT2D eigenvalue weighted by Crippen LogP contribution is -2.16. The highest BCUT2D eigenvalue weighted by Gasteiger charge is 2.17. The highest BCUT2D eigenvalue weighted by molar-refractivity contribution is 6.31. The van der Waals surface area contributed by atoms with Gasteiger partial charge in [0.2, 0.25) is 0 Å². The first-order valence-corrected chi connectivity index (χ1v) is 12.2. The lowest BCUT2D eigenvalue weighted by atomic mass is 10.1. The first-order valence-electron chi connectivity index (χ1n) is 11.9. The maximum atomic E-state index is 12.3. The maximum Gasteiger partial charge on any atom is 0.341 e. The van der Waals surface area contributed by atoms with Crippen LogP contribution >= 0.6 is 11.6 Å². The molecule has 0 amide bonds. The molecule has 0 spiro atoms. The number of halogens is 1. The number of esters is 1. The van der Waals surface area contributed by atoms with E-state index in [4.69, 9.17) is 32.2 Å². The predicted octanol–water partition coefficient (Wildman–Crippen LogP) is 7.01. The van der Waals surface area contributed by atoms with Gasteiger partial charge in [0.25, 0.3) is 0 Å². The van der Waals surface area contributed by atoms with Crippen LogP contribution in [0.4, 0.5) is 0 Å². The van der Waals surface area contributed by atoms with Crippen molar-refractivity contribution in [2.75, 3.05) is 19.8 Å². The number of aromatic nitrogens is 1. The summed E-state index contributed by atoms with van der Waals surface area (Å²) in [5, 5.41) is 1.68. The zero-order valence-electron chi connectivity index (χ0n) is 20.4. The van der Waals surface area contributed by atoms with Gasteiger partial charge in [0.05, 0.1) is 17.8 Å². The summed E-state index contributed by atoms with van der Waals surface area (Å²) in [4.78, 5) is 17.0. The van der Waals surface area contributed by atoms with Crippen molar-refractivity contribution in [1.82, 2.24) is 4.98 Å². The fourth-order valence-electron chi connectivity index (χ4n) is 3.77. The Labute approximate surface area is 221 Å². The van der Waals surface area contributed by atoms with Crippen molar-refractivity contribution < 1.29 is 19.0 Å². The van der Waals surface area contributed by atoms with Crippen molar-refractivity contribution in [1.29, 1.82) is 0 Å². The molecule has 5 nitrogen and oxygen atoms in total. The van der Waals surface area contributed by atoms with E-state index in [9.17, 15) is 4.79 Å². The molecular weight excluding hydrogens is 486 g/mol. The minimum Gasteiger partial charge on any atom is -0.490 e. The van der Waals surface area contributed by atoms with E-state index >= 15 is 0 Å². The van der Waals surface area contributed by atoms with Gasteiger partial charge in [0.15, 0.2) is 0 Å². The Morgan fingerprint density at radius 3 is 2.73 bits per heavy atom. The minimum atomic E-state index is -0.444. The molecule has 0 saturated carbocycles. The van der Waals surface area contributed by atoms with Crippen LogP contribution in [0.5, 0.6) is 5.75 Å². The number of hydrogen-bond acceptors (Lipinski definition) is 5. The van der Waals surface area contributed by atoms with E-state index in [0.29, 0.717) is 16.3 Å². The van der Waals surface area contributed by atoms with Crippen LogP contribution in [-0.4, -0.2) is 30.8 Å². The van der Waals surface area contributed by atoms with Crippen LogP contribution < -0.4 is 4.74 Å². The van der Waals surface area contributed by atoms with Crippen LogP contribution in [-0.2, 0) is 9.47 Å². The number of pyridine rings is 1. The van der Waals surface area contributed by atoms with Gasteiger partial charge in [-0.1, -0.05) is 66.1 Å². The molecule has 6 heteroatoms. The number of rotatable bonds is 10. The predicted molar refractivity (Wildman–Crippen MR) is 148 cm³/mol. The van der Waals surface area contributed by atoms with Gasteiger partial charge >= 0.3 is 5.97 Å². The molecule has 0 radical (unpaired) electrons. The maximum absolute atomic E-state index is 12.3. The molecule has 4 rings (SSSR count). The number of fused-ring (bicyclic) bond motifs is 1. The third-order valence-electron chi connectivity index (χ3n) is 5.55. The molecule has 0 aliphatic rings. The van der Waals surface area contributed by atoms with Gasteiger partial charge in [0.1, 0.15) is 30.6 Å². The number of nitrogens with zero attached hydrogens (tertiary/aromatic N) is 1. The molecule has 37 heavy (non-hydrogen) atoms. The summed E-state index contributed by atoms with van der Waals surface area (Å²) >= 11 is 6.11. The number of ether oxygens (including phenoxy) is 3. The summed E-state index contributed by atoms with van der Waals surface area (Å²) in [6, 6.07) is 24.5. The molecule has 0 saturated heterocycles. The third-order valence-corrected chi connectivity index (χ3v) is 5.78. The number of benzene rings is 3. The molecule has 1 heterocycles. The highest BCUT2D eigenvalue weighted by atomic mass is 35.5. The van der Waals surface area contributed by atoms with Crippen LogP contribution in [0.3, 0.4) is 0 Å². The molecule has 0 aliphatic carbocycles. The SMILES string of the molecule is C#CCOC(COc1ccccc1C(=O)OCC)c1cccc(/C=C/c2ccc3ccc(Cl)cc3n2)c1. The number of hydrogen-bond donors (Lipinski definition) is 0. The van der Waals surface area contributed by atoms with Crippen LogP contribution in [0, 0.1) is 12.3 Å². The Kier molecular flexibility index (Phi) is 8.93. The molecule has 0 bridgehead atoms. The summed E-state index contributed by atoms with van der Waals surface area (Å²) in [5.74, 6) is 2.50. The first-order chi connectivity index (χ1) is 18.1. The van der Waals surface area contributed by atoms with Gasteiger partial charge in [-0.05, 0) is 60.5 Å². The molecule has 4 aromatic rings. The van der Waals surface area contributed by atoms with Gasteiger partial charge in [-0.15, -0.1) is 6.42 Å². The van der Waals surface area contributed by atoms with E-state index in [1.807, 2.05) is 66.7 Å². The standard InChI is InChI=1S/C31H26ClNO4/c1-3-18-36-30(21-37-29-11-6-5-10-27(29)31(34)35-4-2)24-9-7-8-22(19-24)12-16-26-17-14-23-13-15-25(32)20-28(23)33-26/h1,5-17,19-20,30H,4,18,21H2,2H3/b16-12+. The second-order valence-corrected chi connectivity index (χ2v) is 8.54. The monoisotopic (exact) mass is 511 g/mol. The Balaban J connectivity index is 1.52. The normalized spacial score (nSPS) is 11.8. The molecule has 186 valence electrons. The molecule has 0 N–H and O–H groups in total. The van der Waals surface area contributed by atoms with Crippen LogP contribution in [0.25, 0.3) is 23.1 Å². The molecule has 0 aliphatic heterocycles. The molecule has 1 atom stereocenters. The van der Waals surface area contributed by atoms with Crippen molar-refractivity contribution >= 4 is 40.6 Å². The topological polar surface area (TPSA) is 57.7 Å². The fourth-order valence-corrected chi connectivity index (χ4v) is 3.93. The fraction of sp³-hybridized carbons (Fsp3) is 0.161. The average molecular weight is 512 g/mol. The van der Waals surface area contributed by atoms with E-state index in [-0.39, 0.29) is 19.8 Å². The summed E-state index contributed by atoms with van der Waals surface area (Å²) in [7, 11) is 0. The Morgan fingerprint density at radius 1 is 1.05 bits per heavy atom. The molecule has 1 unspecified atom stereocenters. The number of carbonyl (C=O) groups excluding carboxylic acids is 1. The van der Waals surface area contributed by atoms with Crippen LogP contribution in [0.2, 0.25) is 5.02 Å².